The Hall–Kier alpha value is -2.77. The van der Waals surface area contributed by atoms with Crippen molar-refractivity contribution < 1.29 is 4.79 Å². The van der Waals surface area contributed by atoms with Crippen molar-refractivity contribution in [3.05, 3.63) is 53.0 Å². The van der Waals surface area contributed by atoms with Crippen LogP contribution in [-0.4, -0.2) is 76.6 Å². The predicted octanol–water partition coefficient (Wildman–Crippen LogP) is 2.62. The second-order valence-electron chi connectivity index (χ2n) is 8.82. The molecule has 1 N–H and O–H groups in total. The smallest absolute Gasteiger partial charge is 0.220 e. The average molecular weight is 435 g/mol. The number of rotatable bonds is 7. The van der Waals surface area contributed by atoms with Crippen LogP contribution >= 0.6 is 0 Å². The molecule has 32 heavy (non-hydrogen) atoms. The van der Waals surface area contributed by atoms with Crippen LogP contribution < -0.4 is 5.32 Å². The van der Waals surface area contributed by atoms with Crippen molar-refractivity contribution in [1.82, 2.24) is 29.7 Å². The Labute approximate surface area is 190 Å². The first kappa shape index (κ1) is 22.4. The lowest BCUT2D eigenvalue weighted by molar-refractivity contribution is -0.121. The van der Waals surface area contributed by atoms with Crippen molar-refractivity contribution in [2.75, 3.05) is 46.3 Å². The molecule has 3 aromatic rings. The fourth-order valence-electron chi connectivity index (χ4n) is 4.52. The fraction of sp³-hybridized carbons (Fsp3) is 0.480. The van der Waals surface area contributed by atoms with Crippen LogP contribution in [0, 0.1) is 20.8 Å². The summed E-state index contributed by atoms with van der Waals surface area (Å²) in [4.78, 5) is 22.1. The molecule has 7 nitrogen and oxygen atoms in total. The zero-order chi connectivity index (χ0) is 22.7. The molecule has 0 atom stereocenters. The number of hydrogen-bond donors (Lipinski definition) is 1. The summed E-state index contributed by atoms with van der Waals surface area (Å²) in [6.07, 6.45) is 1.13. The van der Waals surface area contributed by atoms with E-state index in [1.54, 1.807) is 0 Å². The highest BCUT2D eigenvalue weighted by Gasteiger charge is 2.18. The number of carbonyl (C=O) groups excluding carboxylic acids is 1. The van der Waals surface area contributed by atoms with E-state index in [1.165, 1.54) is 0 Å². The molecule has 0 saturated carbocycles. The molecule has 0 unspecified atom stereocenters. The molecule has 7 heteroatoms. The van der Waals surface area contributed by atoms with Crippen LogP contribution in [0.2, 0.25) is 0 Å². The number of carbonyl (C=O) groups is 1. The van der Waals surface area contributed by atoms with E-state index < -0.39 is 0 Å². The number of nitrogens with one attached hydrogen (secondary N) is 1. The predicted molar refractivity (Wildman–Crippen MR) is 128 cm³/mol. The third-order valence-electron chi connectivity index (χ3n) is 6.51. The van der Waals surface area contributed by atoms with Gasteiger partial charge in [0.05, 0.1) is 5.69 Å². The maximum atomic E-state index is 12.5. The monoisotopic (exact) mass is 434 g/mol. The van der Waals surface area contributed by atoms with Crippen molar-refractivity contribution in [2.24, 2.45) is 0 Å². The summed E-state index contributed by atoms with van der Waals surface area (Å²) in [5, 5.41) is 7.85. The minimum atomic E-state index is 0.0969. The highest BCUT2D eigenvalue weighted by atomic mass is 16.1. The van der Waals surface area contributed by atoms with E-state index in [0.717, 1.165) is 72.1 Å². The number of benzene rings is 1. The number of hydrogen-bond acceptors (Lipinski definition) is 5. The molecular formula is C25H34N6O. The zero-order valence-electron chi connectivity index (χ0n) is 19.7. The minimum Gasteiger partial charge on any atom is -0.355 e. The van der Waals surface area contributed by atoms with Crippen molar-refractivity contribution in [2.45, 2.75) is 33.6 Å². The number of fused-ring (bicyclic) bond motifs is 1. The first-order valence-corrected chi connectivity index (χ1v) is 11.5. The van der Waals surface area contributed by atoms with Crippen molar-refractivity contribution in [3.8, 4) is 11.1 Å². The SMILES string of the molecule is Cc1nc2c(-c3ccccc3)c(C)nn2c(C)c1CCC(=O)NCCN1CCN(C)CC1. The fourth-order valence-corrected chi connectivity index (χ4v) is 4.52. The van der Waals surface area contributed by atoms with Gasteiger partial charge in [0, 0.05) is 62.6 Å². The number of amides is 1. The molecule has 1 amide bonds. The molecule has 4 rings (SSSR count). The lowest BCUT2D eigenvalue weighted by Crippen LogP contribution is -2.46. The third-order valence-corrected chi connectivity index (χ3v) is 6.51. The largest absolute Gasteiger partial charge is 0.355 e. The summed E-state index contributed by atoms with van der Waals surface area (Å²) in [5.74, 6) is 0.0969. The van der Waals surface area contributed by atoms with Crippen LogP contribution in [0.5, 0.6) is 0 Å². The van der Waals surface area contributed by atoms with Gasteiger partial charge >= 0.3 is 0 Å². The van der Waals surface area contributed by atoms with E-state index >= 15 is 0 Å². The summed E-state index contributed by atoms with van der Waals surface area (Å²) >= 11 is 0. The second kappa shape index (κ2) is 9.79. The number of aromatic nitrogens is 3. The van der Waals surface area contributed by atoms with Crippen LogP contribution in [0.25, 0.3) is 16.8 Å². The Bertz CT molecular complexity index is 1080. The lowest BCUT2D eigenvalue weighted by Gasteiger charge is -2.32. The zero-order valence-corrected chi connectivity index (χ0v) is 19.7. The second-order valence-corrected chi connectivity index (χ2v) is 8.82. The average Bonchev–Trinajstić information content (AvgIpc) is 3.11. The molecule has 0 aliphatic carbocycles. The molecule has 1 aromatic carbocycles. The number of nitrogens with zero attached hydrogens (tertiary/aromatic N) is 5. The Morgan fingerprint density at radius 3 is 2.47 bits per heavy atom. The van der Waals surface area contributed by atoms with Crippen LogP contribution in [0.4, 0.5) is 0 Å². The van der Waals surface area contributed by atoms with E-state index in [2.05, 4.69) is 41.2 Å². The van der Waals surface area contributed by atoms with E-state index in [9.17, 15) is 4.79 Å². The van der Waals surface area contributed by atoms with Gasteiger partial charge in [-0.25, -0.2) is 9.50 Å². The molecule has 0 spiro atoms. The summed E-state index contributed by atoms with van der Waals surface area (Å²) in [5.41, 5.74) is 7.17. The van der Waals surface area contributed by atoms with E-state index in [1.807, 2.05) is 36.6 Å². The molecule has 1 aliphatic heterocycles. The van der Waals surface area contributed by atoms with Crippen LogP contribution in [-0.2, 0) is 11.2 Å². The number of aryl methyl sites for hydroxylation is 3. The van der Waals surface area contributed by atoms with Crippen molar-refractivity contribution >= 4 is 11.6 Å². The highest BCUT2D eigenvalue weighted by molar-refractivity contribution is 5.80. The first-order valence-electron chi connectivity index (χ1n) is 11.5. The van der Waals surface area contributed by atoms with Crippen LogP contribution in [0.3, 0.4) is 0 Å². The molecule has 2 aromatic heterocycles. The van der Waals surface area contributed by atoms with Gasteiger partial charge in [-0.05, 0) is 45.4 Å². The van der Waals surface area contributed by atoms with Crippen LogP contribution in [0.15, 0.2) is 30.3 Å². The Balaban J connectivity index is 1.41. The summed E-state index contributed by atoms with van der Waals surface area (Å²) in [6.45, 7) is 12.1. The van der Waals surface area contributed by atoms with Gasteiger partial charge in [-0.1, -0.05) is 30.3 Å². The van der Waals surface area contributed by atoms with Gasteiger partial charge in [-0.15, -0.1) is 0 Å². The number of piperazine rings is 1. The molecule has 1 saturated heterocycles. The standard InChI is InChI=1S/C25H34N6O/c1-18-22(10-11-23(32)26-12-13-30-16-14-29(4)15-17-30)20(3)31-25(27-18)24(19(2)28-31)21-8-6-5-7-9-21/h5-9H,10-17H2,1-4H3,(H,26,32). The van der Waals surface area contributed by atoms with Gasteiger partial charge < -0.3 is 10.2 Å². The maximum Gasteiger partial charge on any atom is 0.220 e. The van der Waals surface area contributed by atoms with Crippen molar-refractivity contribution in [1.29, 1.82) is 0 Å². The van der Waals surface area contributed by atoms with E-state index in [-0.39, 0.29) is 5.91 Å². The Kier molecular flexibility index (Phi) is 6.86. The van der Waals surface area contributed by atoms with Crippen LogP contribution in [0.1, 0.15) is 29.1 Å². The summed E-state index contributed by atoms with van der Waals surface area (Å²) in [6, 6.07) is 10.3. The van der Waals surface area contributed by atoms with Gasteiger partial charge in [0.25, 0.3) is 0 Å². The highest BCUT2D eigenvalue weighted by Crippen LogP contribution is 2.29. The summed E-state index contributed by atoms with van der Waals surface area (Å²) in [7, 11) is 2.16. The summed E-state index contributed by atoms with van der Waals surface area (Å²) < 4.78 is 1.94. The molecular weight excluding hydrogens is 400 g/mol. The van der Waals surface area contributed by atoms with Gasteiger partial charge in [0.1, 0.15) is 0 Å². The van der Waals surface area contributed by atoms with Gasteiger partial charge in [-0.2, -0.15) is 5.10 Å². The maximum absolute atomic E-state index is 12.5. The Morgan fingerprint density at radius 1 is 1.03 bits per heavy atom. The quantitative estimate of drug-likeness (QED) is 0.619. The third kappa shape index (κ3) is 4.84. The topological polar surface area (TPSA) is 65.8 Å². The molecule has 0 bridgehead atoms. The van der Waals surface area contributed by atoms with Crippen molar-refractivity contribution in [3.63, 3.8) is 0 Å². The van der Waals surface area contributed by atoms with Gasteiger partial charge in [0.2, 0.25) is 5.91 Å². The minimum absolute atomic E-state index is 0.0969. The first-order chi connectivity index (χ1) is 15.4. The molecule has 170 valence electrons. The normalized spacial score (nSPS) is 15.4. The van der Waals surface area contributed by atoms with Gasteiger partial charge in [-0.3, -0.25) is 9.69 Å². The molecule has 1 fully saturated rings. The molecule has 1 aliphatic rings. The number of likely N-dealkylation sites (N-methyl/N-ethyl adjacent to an activating group) is 1. The lowest BCUT2D eigenvalue weighted by atomic mass is 10.0. The molecule has 0 radical (unpaired) electrons. The van der Waals surface area contributed by atoms with Gasteiger partial charge in [0.15, 0.2) is 5.65 Å². The Morgan fingerprint density at radius 2 is 1.75 bits per heavy atom. The molecule has 3 heterocycles. The van der Waals surface area contributed by atoms with E-state index in [4.69, 9.17) is 10.1 Å². The van der Waals surface area contributed by atoms with E-state index in [0.29, 0.717) is 19.4 Å².